The van der Waals surface area contributed by atoms with E-state index in [-0.39, 0.29) is 6.04 Å². The van der Waals surface area contributed by atoms with Gasteiger partial charge in [-0.1, -0.05) is 48.5 Å². The Kier molecular flexibility index (Phi) is 8.89. The third kappa shape index (κ3) is 7.29. The van der Waals surface area contributed by atoms with E-state index in [9.17, 15) is 4.79 Å². The monoisotopic (exact) mass is 545 g/mol. The van der Waals surface area contributed by atoms with Crippen molar-refractivity contribution in [1.82, 2.24) is 9.97 Å². The Morgan fingerprint density at radius 3 is 2.46 bits per heavy atom. The molecular weight excluding hydrogens is 514 g/mol. The maximum absolute atomic E-state index is 13.5. The Morgan fingerprint density at radius 1 is 1.00 bits per heavy atom. The summed E-state index contributed by atoms with van der Waals surface area (Å²) in [7, 11) is 0. The summed E-state index contributed by atoms with van der Waals surface area (Å²) in [6.07, 6.45) is 0.180. The van der Waals surface area contributed by atoms with Gasteiger partial charge in [0.25, 0.3) is 0 Å². The number of ether oxygens (including phenoxy) is 2. The predicted octanol–water partition coefficient (Wildman–Crippen LogP) is 7.05. The van der Waals surface area contributed by atoms with E-state index < -0.39 is 6.09 Å². The zero-order chi connectivity index (χ0) is 28.4. The number of nitriles is 1. The molecule has 0 aliphatic heterocycles. The summed E-state index contributed by atoms with van der Waals surface area (Å²) < 4.78 is 11.7. The third-order valence-electron chi connectivity index (χ3n) is 6.64. The van der Waals surface area contributed by atoms with Crippen molar-refractivity contribution < 1.29 is 14.3 Å². The Hall–Kier alpha value is -5.13. The van der Waals surface area contributed by atoms with Gasteiger partial charge in [0.2, 0.25) is 0 Å². The van der Waals surface area contributed by atoms with Crippen LogP contribution in [0.15, 0.2) is 103 Å². The minimum absolute atomic E-state index is 0.156. The van der Waals surface area contributed by atoms with Crippen LogP contribution in [0.4, 0.5) is 16.2 Å². The number of carbonyl (C=O) groups is 1. The van der Waals surface area contributed by atoms with Crippen molar-refractivity contribution in [3.05, 3.63) is 120 Å². The standard InChI is InChI=1S/C33H31N5O3/c1-24(18-19-40-23-26-8-4-2-5-9-26)38(28-10-6-3-7-11-28)33(39)41-29-16-17-30-31(20-29)37-32(36-30)22-35-27-14-12-25(21-34)13-15-27/h2-17,20,24,35H,18-19,22-23H2,1H3,(H,36,37). The van der Waals surface area contributed by atoms with Crippen molar-refractivity contribution in [2.24, 2.45) is 0 Å². The van der Waals surface area contributed by atoms with Gasteiger partial charge in [-0.2, -0.15) is 5.26 Å². The molecule has 0 aliphatic carbocycles. The number of amides is 1. The summed E-state index contributed by atoms with van der Waals surface area (Å²) in [6, 6.07) is 34.1. The predicted molar refractivity (Wildman–Crippen MR) is 160 cm³/mol. The molecule has 0 aliphatic rings. The maximum Gasteiger partial charge on any atom is 0.420 e. The molecule has 1 heterocycles. The lowest BCUT2D eigenvalue weighted by Gasteiger charge is -2.28. The number of nitrogens with zero attached hydrogens (tertiary/aromatic N) is 3. The van der Waals surface area contributed by atoms with Crippen molar-refractivity contribution in [2.45, 2.75) is 32.5 Å². The van der Waals surface area contributed by atoms with Crippen molar-refractivity contribution in [3.63, 3.8) is 0 Å². The Morgan fingerprint density at radius 2 is 1.73 bits per heavy atom. The number of anilines is 2. The molecular formula is C33H31N5O3. The molecule has 0 saturated carbocycles. The molecule has 0 bridgehead atoms. The second kappa shape index (κ2) is 13.3. The fourth-order valence-electron chi connectivity index (χ4n) is 4.46. The fourth-order valence-corrected chi connectivity index (χ4v) is 4.46. The Balaban J connectivity index is 1.22. The van der Waals surface area contributed by atoms with Crippen molar-refractivity contribution in [2.75, 3.05) is 16.8 Å². The number of aromatic nitrogens is 2. The van der Waals surface area contributed by atoms with Crippen LogP contribution >= 0.6 is 0 Å². The van der Waals surface area contributed by atoms with Gasteiger partial charge in [-0.3, -0.25) is 4.90 Å². The number of carbonyl (C=O) groups excluding carboxylic acids is 1. The summed E-state index contributed by atoms with van der Waals surface area (Å²) in [5.41, 5.74) is 4.90. The largest absolute Gasteiger partial charge is 0.420 e. The maximum atomic E-state index is 13.5. The fraction of sp³-hybridized carbons (Fsp3) is 0.182. The summed E-state index contributed by atoms with van der Waals surface area (Å²) in [4.78, 5) is 23.0. The van der Waals surface area contributed by atoms with Crippen LogP contribution < -0.4 is 15.0 Å². The lowest BCUT2D eigenvalue weighted by molar-refractivity contribution is 0.114. The average molecular weight is 546 g/mol. The molecule has 0 radical (unpaired) electrons. The first-order chi connectivity index (χ1) is 20.1. The van der Waals surface area contributed by atoms with Crippen LogP contribution in [0.1, 0.15) is 30.3 Å². The molecule has 0 fully saturated rings. The second-order valence-corrected chi connectivity index (χ2v) is 9.65. The van der Waals surface area contributed by atoms with E-state index >= 15 is 0 Å². The highest BCUT2D eigenvalue weighted by molar-refractivity contribution is 5.90. The van der Waals surface area contributed by atoms with E-state index in [0.29, 0.717) is 37.5 Å². The van der Waals surface area contributed by atoms with Crippen LogP contribution in [0.3, 0.4) is 0 Å². The number of rotatable bonds is 11. The molecule has 8 heteroatoms. The zero-order valence-electron chi connectivity index (χ0n) is 22.8. The second-order valence-electron chi connectivity index (χ2n) is 9.65. The smallest absolute Gasteiger partial charge is 0.410 e. The van der Waals surface area contributed by atoms with Crippen LogP contribution in [0, 0.1) is 11.3 Å². The minimum atomic E-state index is -0.465. The summed E-state index contributed by atoms with van der Waals surface area (Å²) >= 11 is 0. The molecule has 0 spiro atoms. The molecule has 1 atom stereocenters. The van der Waals surface area contributed by atoms with Gasteiger partial charge in [-0.15, -0.1) is 0 Å². The molecule has 8 nitrogen and oxygen atoms in total. The molecule has 2 N–H and O–H groups in total. The molecule has 5 aromatic rings. The van der Waals surface area contributed by atoms with Gasteiger partial charge < -0.3 is 19.8 Å². The third-order valence-corrected chi connectivity index (χ3v) is 6.64. The molecule has 206 valence electrons. The topological polar surface area (TPSA) is 103 Å². The molecule has 0 saturated heterocycles. The number of hydrogen-bond donors (Lipinski definition) is 2. The molecule has 1 unspecified atom stereocenters. The molecule has 1 aromatic heterocycles. The van der Waals surface area contributed by atoms with Crippen LogP contribution in [-0.4, -0.2) is 28.7 Å². The summed E-state index contributed by atoms with van der Waals surface area (Å²) in [6.45, 7) is 3.50. The number of aromatic amines is 1. The first kappa shape index (κ1) is 27.4. The van der Waals surface area contributed by atoms with Gasteiger partial charge in [-0.05, 0) is 67.4 Å². The van der Waals surface area contributed by atoms with Crippen molar-refractivity contribution in [3.8, 4) is 11.8 Å². The van der Waals surface area contributed by atoms with Gasteiger partial charge in [-0.25, -0.2) is 9.78 Å². The number of benzene rings is 4. The number of imidazole rings is 1. The van der Waals surface area contributed by atoms with E-state index in [0.717, 1.165) is 33.8 Å². The van der Waals surface area contributed by atoms with Crippen LogP contribution in [-0.2, 0) is 17.9 Å². The lowest BCUT2D eigenvalue weighted by Crippen LogP contribution is -2.41. The zero-order valence-corrected chi connectivity index (χ0v) is 22.8. The number of para-hydroxylation sites is 1. The van der Waals surface area contributed by atoms with Crippen LogP contribution in [0.2, 0.25) is 0 Å². The molecule has 5 rings (SSSR count). The number of fused-ring (bicyclic) bond motifs is 1. The first-order valence-electron chi connectivity index (χ1n) is 13.5. The molecule has 41 heavy (non-hydrogen) atoms. The average Bonchev–Trinajstić information content (AvgIpc) is 3.42. The lowest BCUT2D eigenvalue weighted by atomic mass is 10.2. The van der Waals surface area contributed by atoms with E-state index in [2.05, 4.69) is 21.4 Å². The van der Waals surface area contributed by atoms with E-state index in [1.165, 1.54) is 0 Å². The highest BCUT2D eigenvalue weighted by Crippen LogP contribution is 2.24. The van der Waals surface area contributed by atoms with Gasteiger partial charge >= 0.3 is 6.09 Å². The molecule has 1 amide bonds. The van der Waals surface area contributed by atoms with Crippen LogP contribution in [0.5, 0.6) is 5.75 Å². The first-order valence-corrected chi connectivity index (χ1v) is 13.5. The van der Waals surface area contributed by atoms with Crippen LogP contribution in [0.25, 0.3) is 11.0 Å². The normalized spacial score (nSPS) is 11.5. The highest BCUT2D eigenvalue weighted by atomic mass is 16.6. The SMILES string of the molecule is CC(CCOCc1ccccc1)N(C(=O)Oc1ccc2nc(CNc3ccc(C#N)cc3)[nH]c2c1)c1ccccc1. The highest BCUT2D eigenvalue weighted by Gasteiger charge is 2.24. The van der Waals surface area contributed by atoms with Gasteiger partial charge in [0, 0.05) is 30.1 Å². The van der Waals surface area contributed by atoms with Gasteiger partial charge in [0.05, 0.1) is 35.8 Å². The number of H-pyrrole nitrogens is 1. The van der Waals surface area contributed by atoms with E-state index in [1.807, 2.05) is 85.8 Å². The number of hydrogen-bond acceptors (Lipinski definition) is 6. The Labute approximate surface area is 239 Å². The Bertz CT molecular complexity index is 1610. The summed E-state index contributed by atoms with van der Waals surface area (Å²) in [5, 5.41) is 12.3. The van der Waals surface area contributed by atoms with Crippen molar-refractivity contribution >= 4 is 28.5 Å². The van der Waals surface area contributed by atoms with E-state index in [1.54, 1.807) is 29.2 Å². The van der Waals surface area contributed by atoms with Gasteiger partial charge in [0.15, 0.2) is 0 Å². The molecule has 4 aromatic carbocycles. The van der Waals surface area contributed by atoms with Gasteiger partial charge in [0.1, 0.15) is 11.6 Å². The van der Waals surface area contributed by atoms with E-state index in [4.69, 9.17) is 14.7 Å². The minimum Gasteiger partial charge on any atom is -0.410 e. The summed E-state index contributed by atoms with van der Waals surface area (Å²) in [5.74, 6) is 1.16. The quantitative estimate of drug-likeness (QED) is 0.172. The van der Waals surface area contributed by atoms with Crippen molar-refractivity contribution in [1.29, 1.82) is 5.26 Å². The number of nitrogens with one attached hydrogen (secondary N) is 2.